The second-order valence-corrected chi connectivity index (χ2v) is 7.87. The molecule has 1 aromatic carbocycles. The van der Waals surface area contributed by atoms with Crippen LogP contribution in [-0.2, 0) is 11.2 Å². The summed E-state index contributed by atoms with van der Waals surface area (Å²) in [5.41, 5.74) is 5.36. The number of amides is 2. The van der Waals surface area contributed by atoms with Gasteiger partial charge in [-0.3, -0.25) is 9.59 Å². The molecule has 0 saturated heterocycles. The summed E-state index contributed by atoms with van der Waals surface area (Å²) >= 11 is 0. The van der Waals surface area contributed by atoms with Crippen molar-refractivity contribution in [1.82, 2.24) is 14.8 Å². The molecular weight excluding hydrogens is 395 g/mol. The summed E-state index contributed by atoms with van der Waals surface area (Å²) in [7, 11) is 0. The molecule has 0 unspecified atom stereocenters. The van der Waals surface area contributed by atoms with Crippen molar-refractivity contribution < 1.29 is 14.0 Å². The van der Waals surface area contributed by atoms with Crippen LogP contribution in [0.15, 0.2) is 18.2 Å². The number of aromatic amines is 1. The van der Waals surface area contributed by atoms with Crippen LogP contribution in [-0.4, -0.2) is 59.8 Å². The van der Waals surface area contributed by atoms with E-state index in [0.717, 1.165) is 60.7 Å². The normalized spacial score (nSPS) is 14.2. The Balaban J connectivity index is 1.87. The number of H-pyrrole nitrogens is 1. The van der Waals surface area contributed by atoms with Crippen molar-refractivity contribution in [2.45, 2.75) is 34.1 Å². The number of hydrogen-bond donors (Lipinski definition) is 2. The first kappa shape index (κ1) is 22.7. The van der Waals surface area contributed by atoms with Crippen LogP contribution in [0.3, 0.4) is 0 Å². The van der Waals surface area contributed by atoms with Gasteiger partial charge in [0.05, 0.1) is 5.56 Å². The third-order valence-electron chi connectivity index (χ3n) is 6.06. The summed E-state index contributed by atoms with van der Waals surface area (Å²) in [6.07, 6.45) is 3.27. The highest BCUT2D eigenvalue weighted by atomic mass is 19.1. The van der Waals surface area contributed by atoms with Crippen LogP contribution in [0.25, 0.3) is 11.6 Å². The first-order chi connectivity index (χ1) is 14.9. The fourth-order valence-electron chi connectivity index (χ4n) is 4.15. The molecule has 31 heavy (non-hydrogen) atoms. The molecule has 2 aromatic rings. The average Bonchev–Trinajstić information content (AvgIpc) is 3.07. The van der Waals surface area contributed by atoms with Gasteiger partial charge in [0.1, 0.15) is 5.82 Å². The van der Waals surface area contributed by atoms with Crippen LogP contribution in [0.4, 0.5) is 10.1 Å². The van der Waals surface area contributed by atoms with E-state index in [1.54, 1.807) is 6.07 Å². The number of aromatic nitrogens is 1. The van der Waals surface area contributed by atoms with Gasteiger partial charge < -0.3 is 20.1 Å². The molecule has 2 amide bonds. The van der Waals surface area contributed by atoms with E-state index < -0.39 is 0 Å². The standard InChI is InChI=1S/C24H31FN4O2/c1-5-28(6-2)11-12-29-10-9-21-23(24(29)31)17(4)22(27-21)13-16(3)19-14-18(25)7-8-20(19)26-15-30/h7-8,13-15,27H,5-6,9-12H2,1-4H3,(H,26,30)/b16-13+. The second kappa shape index (κ2) is 9.92. The number of likely N-dealkylation sites (N-methyl/N-ethyl adjacent to an activating group) is 1. The summed E-state index contributed by atoms with van der Waals surface area (Å²) in [5, 5.41) is 2.62. The van der Waals surface area contributed by atoms with Crippen LogP contribution < -0.4 is 5.32 Å². The maximum Gasteiger partial charge on any atom is 0.256 e. The molecule has 1 aromatic heterocycles. The highest BCUT2D eigenvalue weighted by Crippen LogP contribution is 2.30. The maximum absolute atomic E-state index is 13.8. The van der Waals surface area contributed by atoms with Gasteiger partial charge in [-0.2, -0.15) is 0 Å². The van der Waals surface area contributed by atoms with E-state index in [2.05, 4.69) is 29.0 Å². The van der Waals surface area contributed by atoms with Crippen molar-refractivity contribution in [3.63, 3.8) is 0 Å². The van der Waals surface area contributed by atoms with Crippen molar-refractivity contribution in [3.05, 3.63) is 52.1 Å². The number of nitrogens with one attached hydrogen (secondary N) is 2. The van der Waals surface area contributed by atoms with Gasteiger partial charge in [-0.05, 0) is 62.3 Å². The van der Waals surface area contributed by atoms with E-state index in [4.69, 9.17) is 0 Å². The molecule has 1 aliphatic rings. The second-order valence-electron chi connectivity index (χ2n) is 7.87. The van der Waals surface area contributed by atoms with Crippen LogP contribution in [0, 0.1) is 12.7 Å². The van der Waals surface area contributed by atoms with E-state index >= 15 is 0 Å². The monoisotopic (exact) mass is 426 g/mol. The molecule has 3 rings (SSSR count). The first-order valence-corrected chi connectivity index (χ1v) is 10.8. The van der Waals surface area contributed by atoms with Gasteiger partial charge in [-0.25, -0.2) is 4.39 Å². The van der Waals surface area contributed by atoms with Gasteiger partial charge in [0, 0.05) is 48.7 Å². The maximum atomic E-state index is 13.8. The molecule has 0 radical (unpaired) electrons. The SMILES string of the molecule is CCN(CC)CCN1CCc2[nH]c(/C=C(\C)c3cc(F)ccc3NC=O)c(C)c2C1=O. The zero-order valence-electron chi connectivity index (χ0n) is 18.7. The zero-order valence-corrected chi connectivity index (χ0v) is 18.7. The fourth-order valence-corrected chi connectivity index (χ4v) is 4.15. The van der Waals surface area contributed by atoms with Crippen LogP contribution in [0.2, 0.25) is 0 Å². The number of benzene rings is 1. The molecule has 0 atom stereocenters. The summed E-state index contributed by atoms with van der Waals surface area (Å²) in [6.45, 7) is 12.3. The minimum absolute atomic E-state index is 0.0634. The van der Waals surface area contributed by atoms with Gasteiger partial charge in [0.15, 0.2) is 0 Å². The summed E-state index contributed by atoms with van der Waals surface area (Å²) in [6, 6.07) is 4.25. The number of halogens is 1. The lowest BCUT2D eigenvalue weighted by Gasteiger charge is -2.29. The number of fused-ring (bicyclic) bond motifs is 1. The van der Waals surface area contributed by atoms with Gasteiger partial charge in [0.2, 0.25) is 6.41 Å². The van der Waals surface area contributed by atoms with Crippen molar-refractivity contribution in [2.75, 3.05) is 38.0 Å². The lowest BCUT2D eigenvalue weighted by atomic mass is 10.0. The quantitative estimate of drug-likeness (QED) is 0.597. The van der Waals surface area contributed by atoms with E-state index in [1.807, 2.05) is 24.8 Å². The lowest BCUT2D eigenvalue weighted by Crippen LogP contribution is -2.42. The Bertz CT molecular complexity index is 992. The Kier molecular flexibility index (Phi) is 7.28. The lowest BCUT2D eigenvalue weighted by molar-refractivity contribution is -0.105. The molecule has 1 aliphatic heterocycles. The molecule has 166 valence electrons. The smallest absolute Gasteiger partial charge is 0.256 e. The number of carbonyl (C=O) groups excluding carboxylic acids is 2. The van der Waals surface area contributed by atoms with Crippen LogP contribution in [0.5, 0.6) is 0 Å². The van der Waals surface area contributed by atoms with Gasteiger partial charge in [-0.1, -0.05) is 13.8 Å². The Labute approximate surface area is 183 Å². The Morgan fingerprint density at radius 2 is 2.06 bits per heavy atom. The Morgan fingerprint density at radius 3 is 2.74 bits per heavy atom. The molecule has 0 fully saturated rings. The highest BCUT2D eigenvalue weighted by Gasteiger charge is 2.29. The summed E-state index contributed by atoms with van der Waals surface area (Å²) in [4.78, 5) is 31.7. The topological polar surface area (TPSA) is 68.4 Å². The van der Waals surface area contributed by atoms with E-state index in [0.29, 0.717) is 24.2 Å². The number of carbonyl (C=O) groups is 2. The van der Waals surface area contributed by atoms with Crippen LogP contribution in [0.1, 0.15) is 53.6 Å². The number of allylic oxidation sites excluding steroid dienone is 1. The molecule has 0 saturated carbocycles. The highest BCUT2D eigenvalue weighted by molar-refractivity contribution is 5.99. The van der Waals surface area contributed by atoms with E-state index in [9.17, 15) is 14.0 Å². The molecule has 2 N–H and O–H groups in total. The molecule has 0 aliphatic carbocycles. The number of nitrogens with zero attached hydrogens (tertiary/aromatic N) is 2. The first-order valence-electron chi connectivity index (χ1n) is 10.8. The summed E-state index contributed by atoms with van der Waals surface area (Å²) in [5.74, 6) is -0.311. The zero-order chi connectivity index (χ0) is 22.5. The number of anilines is 1. The molecule has 0 bridgehead atoms. The third-order valence-corrected chi connectivity index (χ3v) is 6.06. The molecule has 7 heteroatoms. The van der Waals surface area contributed by atoms with E-state index in [-0.39, 0.29) is 11.7 Å². The van der Waals surface area contributed by atoms with Crippen molar-refractivity contribution in [1.29, 1.82) is 0 Å². The van der Waals surface area contributed by atoms with Crippen molar-refractivity contribution in [2.24, 2.45) is 0 Å². The molecule has 6 nitrogen and oxygen atoms in total. The number of rotatable bonds is 9. The predicted molar refractivity (Wildman–Crippen MR) is 123 cm³/mol. The van der Waals surface area contributed by atoms with Crippen molar-refractivity contribution in [3.8, 4) is 0 Å². The number of hydrogen-bond acceptors (Lipinski definition) is 3. The summed E-state index contributed by atoms with van der Waals surface area (Å²) < 4.78 is 13.8. The average molecular weight is 427 g/mol. The molecule has 2 heterocycles. The van der Waals surface area contributed by atoms with Gasteiger partial charge >= 0.3 is 0 Å². The van der Waals surface area contributed by atoms with Gasteiger partial charge in [0.25, 0.3) is 5.91 Å². The van der Waals surface area contributed by atoms with Crippen LogP contribution >= 0.6 is 0 Å². The van der Waals surface area contributed by atoms with Crippen molar-refractivity contribution >= 4 is 29.7 Å². The molecular formula is C24H31FN4O2. The largest absolute Gasteiger partial charge is 0.358 e. The Morgan fingerprint density at radius 1 is 1.32 bits per heavy atom. The Hall–Kier alpha value is -2.93. The minimum Gasteiger partial charge on any atom is -0.358 e. The molecule has 0 spiro atoms. The predicted octanol–water partition coefficient (Wildman–Crippen LogP) is 3.93. The third kappa shape index (κ3) is 4.88. The fraction of sp³-hybridized carbons (Fsp3) is 0.417. The van der Waals surface area contributed by atoms with E-state index in [1.165, 1.54) is 12.1 Å². The minimum atomic E-state index is -0.374. The van der Waals surface area contributed by atoms with Gasteiger partial charge in [-0.15, -0.1) is 0 Å².